The molecule has 1 aliphatic rings. The van der Waals surface area contributed by atoms with Gasteiger partial charge in [0.1, 0.15) is 5.82 Å². The molecule has 2 aromatic rings. The number of nitrogens with zero attached hydrogens (tertiary/aromatic N) is 1. The topological polar surface area (TPSA) is 38.8 Å². The molecule has 2 aromatic carbocycles. The van der Waals surface area contributed by atoms with Gasteiger partial charge in [-0.3, -0.25) is 4.79 Å². The second-order valence-corrected chi connectivity index (χ2v) is 5.81. The average Bonchev–Trinajstić information content (AvgIpc) is 2.61. The summed E-state index contributed by atoms with van der Waals surface area (Å²) in [6, 6.07) is 10.3. The highest BCUT2D eigenvalue weighted by Crippen LogP contribution is 2.33. The van der Waals surface area contributed by atoms with E-state index in [2.05, 4.69) is 0 Å². The molecule has 0 radical (unpaired) electrons. The zero-order chi connectivity index (χ0) is 17.1. The molecule has 5 heteroatoms. The fraction of sp³-hybridized carbons (Fsp3) is 0.316. The van der Waals surface area contributed by atoms with E-state index in [-0.39, 0.29) is 18.1 Å². The molecule has 1 heterocycles. The number of carbonyl (C=O) groups excluding carboxylic acids is 1. The van der Waals surface area contributed by atoms with E-state index in [0.717, 1.165) is 17.5 Å². The third-order valence-corrected chi connectivity index (χ3v) is 4.37. The summed E-state index contributed by atoms with van der Waals surface area (Å²) in [4.78, 5) is 14.3. The average molecular weight is 329 g/mol. The van der Waals surface area contributed by atoms with Gasteiger partial charge in [0.25, 0.3) is 0 Å². The van der Waals surface area contributed by atoms with Crippen molar-refractivity contribution in [2.24, 2.45) is 0 Å². The van der Waals surface area contributed by atoms with Crippen LogP contribution in [0.1, 0.15) is 16.7 Å². The van der Waals surface area contributed by atoms with Crippen LogP contribution >= 0.6 is 0 Å². The number of fused-ring (bicyclic) bond motifs is 1. The molecule has 0 aromatic heterocycles. The Bertz CT molecular complexity index is 760. The smallest absolute Gasteiger partial charge is 0.227 e. The van der Waals surface area contributed by atoms with Gasteiger partial charge in [0, 0.05) is 13.1 Å². The predicted octanol–water partition coefficient (Wildman–Crippen LogP) is 2.97. The Morgan fingerprint density at radius 3 is 2.46 bits per heavy atom. The maximum Gasteiger partial charge on any atom is 0.227 e. The Balaban J connectivity index is 1.77. The van der Waals surface area contributed by atoms with Crippen LogP contribution in [0.5, 0.6) is 11.5 Å². The summed E-state index contributed by atoms with van der Waals surface area (Å²) < 4.78 is 24.4. The summed E-state index contributed by atoms with van der Waals surface area (Å²) in [6.45, 7) is 1.12. The second-order valence-electron chi connectivity index (χ2n) is 5.81. The highest BCUT2D eigenvalue weighted by molar-refractivity contribution is 5.79. The Kier molecular flexibility index (Phi) is 4.69. The fourth-order valence-corrected chi connectivity index (χ4v) is 3.01. The van der Waals surface area contributed by atoms with Crippen LogP contribution in [0, 0.1) is 5.82 Å². The van der Waals surface area contributed by atoms with Crippen LogP contribution in [0.4, 0.5) is 4.39 Å². The highest BCUT2D eigenvalue weighted by atomic mass is 19.1. The third kappa shape index (κ3) is 3.20. The van der Waals surface area contributed by atoms with Crippen molar-refractivity contribution in [3.63, 3.8) is 0 Å². The number of hydrogen-bond donors (Lipinski definition) is 0. The van der Waals surface area contributed by atoms with E-state index in [1.807, 2.05) is 12.1 Å². The molecule has 0 saturated heterocycles. The van der Waals surface area contributed by atoms with Crippen molar-refractivity contribution in [3.8, 4) is 11.5 Å². The van der Waals surface area contributed by atoms with Crippen molar-refractivity contribution in [1.29, 1.82) is 0 Å². The molecule has 0 atom stereocenters. The van der Waals surface area contributed by atoms with Crippen molar-refractivity contribution in [2.75, 3.05) is 20.8 Å². The summed E-state index contributed by atoms with van der Waals surface area (Å²) in [6.07, 6.45) is 0.827. The number of benzene rings is 2. The van der Waals surface area contributed by atoms with Crippen molar-refractivity contribution in [2.45, 2.75) is 19.4 Å². The van der Waals surface area contributed by atoms with Gasteiger partial charge in [0.2, 0.25) is 5.91 Å². The molecule has 0 fully saturated rings. The lowest BCUT2D eigenvalue weighted by molar-refractivity contribution is -0.131. The van der Waals surface area contributed by atoms with E-state index >= 15 is 0 Å². The first kappa shape index (κ1) is 16.3. The molecule has 0 aliphatic carbocycles. The summed E-state index contributed by atoms with van der Waals surface area (Å²) in [7, 11) is 3.20. The molecule has 0 N–H and O–H groups in total. The molecule has 4 nitrogen and oxygen atoms in total. The number of rotatable bonds is 4. The maximum atomic E-state index is 13.7. The number of carbonyl (C=O) groups is 1. The van der Waals surface area contributed by atoms with Crippen molar-refractivity contribution < 1.29 is 18.7 Å². The summed E-state index contributed by atoms with van der Waals surface area (Å²) in [5.41, 5.74) is 2.63. The first-order chi connectivity index (χ1) is 11.6. The van der Waals surface area contributed by atoms with Gasteiger partial charge in [-0.15, -0.1) is 0 Å². The largest absolute Gasteiger partial charge is 0.493 e. The van der Waals surface area contributed by atoms with Crippen molar-refractivity contribution in [1.82, 2.24) is 4.90 Å². The van der Waals surface area contributed by atoms with Crippen LogP contribution in [0.3, 0.4) is 0 Å². The first-order valence-corrected chi connectivity index (χ1v) is 7.87. The molecule has 0 bridgehead atoms. The monoisotopic (exact) mass is 329 g/mol. The Morgan fingerprint density at radius 2 is 1.79 bits per heavy atom. The van der Waals surface area contributed by atoms with E-state index in [1.54, 1.807) is 37.3 Å². The number of halogens is 1. The quantitative estimate of drug-likeness (QED) is 0.866. The van der Waals surface area contributed by atoms with E-state index in [4.69, 9.17) is 9.47 Å². The summed E-state index contributed by atoms with van der Waals surface area (Å²) in [5.74, 6) is 0.942. The molecule has 0 spiro atoms. The fourth-order valence-electron chi connectivity index (χ4n) is 3.01. The van der Waals surface area contributed by atoms with Crippen LogP contribution in [0.15, 0.2) is 36.4 Å². The minimum absolute atomic E-state index is 0.0689. The van der Waals surface area contributed by atoms with Gasteiger partial charge in [0.15, 0.2) is 11.5 Å². The van der Waals surface area contributed by atoms with Crippen molar-refractivity contribution in [3.05, 3.63) is 58.9 Å². The molecule has 1 aliphatic heterocycles. The summed E-state index contributed by atoms with van der Waals surface area (Å²) >= 11 is 0. The minimum Gasteiger partial charge on any atom is -0.493 e. The minimum atomic E-state index is -0.338. The van der Waals surface area contributed by atoms with Crippen molar-refractivity contribution >= 4 is 5.91 Å². The highest BCUT2D eigenvalue weighted by Gasteiger charge is 2.23. The number of hydrogen-bond acceptors (Lipinski definition) is 3. The standard InChI is InChI=1S/C19H20FNO3/c1-23-17-9-13-7-8-21(12-15(13)10-18(17)24-2)19(22)11-14-5-3-4-6-16(14)20/h3-6,9-10H,7-8,11-12H2,1-2H3. The Labute approximate surface area is 140 Å². The molecule has 0 saturated carbocycles. The van der Waals surface area contributed by atoms with Gasteiger partial charge in [-0.05, 0) is 41.3 Å². The lowest BCUT2D eigenvalue weighted by Crippen LogP contribution is -2.37. The molecule has 1 amide bonds. The molecular weight excluding hydrogens is 309 g/mol. The van der Waals surface area contributed by atoms with Crippen LogP contribution in [0.25, 0.3) is 0 Å². The normalized spacial score (nSPS) is 13.4. The van der Waals surface area contributed by atoms with E-state index in [1.165, 1.54) is 6.07 Å². The molecular formula is C19H20FNO3. The number of amides is 1. The van der Waals surface area contributed by atoms with Crippen LogP contribution in [-0.2, 0) is 24.2 Å². The van der Waals surface area contributed by atoms with Crippen LogP contribution in [-0.4, -0.2) is 31.6 Å². The number of ether oxygens (including phenoxy) is 2. The zero-order valence-electron chi connectivity index (χ0n) is 13.8. The SMILES string of the molecule is COc1cc2c(cc1OC)CN(C(=O)Cc1ccccc1F)CC2. The number of methoxy groups -OCH3 is 2. The van der Waals surface area contributed by atoms with Gasteiger partial charge in [0.05, 0.1) is 20.6 Å². The molecule has 24 heavy (non-hydrogen) atoms. The zero-order valence-corrected chi connectivity index (χ0v) is 13.8. The second kappa shape index (κ2) is 6.91. The third-order valence-electron chi connectivity index (χ3n) is 4.37. The molecule has 126 valence electrons. The lowest BCUT2D eigenvalue weighted by Gasteiger charge is -2.29. The van der Waals surface area contributed by atoms with Gasteiger partial charge in [-0.25, -0.2) is 4.39 Å². The van der Waals surface area contributed by atoms with Gasteiger partial charge >= 0.3 is 0 Å². The van der Waals surface area contributed by atoms with Crippen LogP contribution < -0.4 is 9.47 Å². The Morgan fingerprint density at radius 1 is 1.12 bits per heavy atom. The van der Waals surface area contributed by atoms with Gasteiger partial charge < -0.3 is 14.4 Å². The van der Waals surface area contributed by atoms with E-state index < -0.39 is 0 Å². The summed E-state index contributed by atoms with van der Waals surface area (Å²) in [5, 5.41) is 0. The predicted molar refractivity (Wildman–Crippen MR) is 88.8 cm³/mol. The Hall–Kier alpha value is -2.56. The molecule has 0 unspecified atom stereocenters. The first-order valence-electron chi connectivity index (χ1n) is 7.87. The lowest BCUT2D eigenvalue weighted by atomic mass is 9.98. The molecule has 3 rings (SSSR count). The van der Waals surface area contributed by atoms with Gasteiger partial charge in [-0.1, -0.05) is 18.2 Å². The maximum absolute atomic E-state index is 13.7. The van der Waals surface area contributed by atoms with Gasteiger partial charge in [-0.2, -0.15) is 0 Å². The van der Waals surface area contributed by atoms with Crippen LogP contribution in [0.2, 0.25) is 0 Å². The van der Waals surface area contributed by atoms with E-state index in [9.17, 15) is 9.18 Å². The van der Waals surface area contributed by atoms with E-state index in [0.29, 0.717) is 30.2 Å².